The van der Waals surface area contributed by atoms with E-state index in [0.717, 1.165) is 11.1 Å². The first-order valence-electron chi connectivity index (χ1n) is 11.4. The average Bonchev–Trinajstić information content (AvgIpc) is 3.16. The predicted molar refractivity (Wildman–Crippen MR) is 126 cm³/mol. The molecule has 1 fully saturated rings. The number of nitrogens with zero attached hydrogens (tertiary/aromatic N) is 1. The van der Waals surface area contributed by atoms with Gasteiger partial charge in [-0.05, 0) is 52.8 Å². The summed E-state index contributed by atoms with van der Waals surface area (Å²) in [7, 11) is 0. The Kier molecular flexibility index (Phi) is 6.01. The Labute approximate surface area is 192 Å². The molecule has 5 rings (SSSR count). The van der Waals surface area contributed by atoms with Gasteiger partial charge in [0.1, 0.15) is 12.4 Å². The van der Waals surface area contributed by atoms with E-state index in [-0.39, 0.29) is 31.0 Å². The van der Waals surface area contributed by atoms with Crippen LogP contribution in [-0.4, -0.2) is 37.0 Å². The van der Waals surface area contributed by atoms with Crippen LogP contribution in [0.15, 0.2) is 66.7 Å². The summed E-state index contributed by atoms with van der Waals surface area (Å²) < 4.78 is 20.2. The van der Waals surface area contributed by atoms with E-state index in [1.165, 1.54) is 17.2 Å². The Bertz CT molecular complexity index is 1110. The second-order valence-corrected chi connectivity index (χ2v) is 8.68. The van der Waals surface area contributed by atoms with Gasteiger partial charge < -0.3 is 20.1 Å². The Morgan fingerprint density at radius 1 is 1.00 bits per heavy atom. The van der Waals surface area contributed by atoms with E-state index >= 15 is 0 Å². The number of alkyl carbamates (subject to hydrolysis) is 1. The Balaban J connectivity index is 1.18. The van der Waals surface area contributed by atoms with Crippen molar-refractivity contribution in [3.05, 3.63) is 89.2 Å². The van der Waals surface area contributed by atoms with Gasteiger partial charge in [0, 0.05) is 25.6 Å². The number of anilines is 1. The van der Waals surface area contributed by atoms with Crippen molar-refractivity contribution in [3.63, 3.8) is 0 Å². The van der Waals surface area contributed by atoms with E-state index in [2.05, 4.69) is 29.6 Å². The fourth-order valence-corrected chi connectivity index (χ4v) is 4.85. The molecule has 1 aliphatic heterocycles. The van der Waals surface area contributed by atoms with E-state index in [4.69, 9.17) is 4.74 Å². The molecule has 5 nitrogen and oxygen atoms in total. The molecule has 1 amide bonds. The molecule has 0 atom stereocenters. The molecule has 33 heavy (non-hydrogen) atoms. The molecule has 3 aromatic rings. The van der Waals surface area contributed by atoms with E-state index < -0.39 is 6.09 Å². The van der Waals surface area contributed by atoms with E-state index in [1.807, 2.05) is 35.2 Å². The van der Waals surface area contributed by atoms with Crippen LogP contribution in [-0.2, 0) is 11.3 Å². The summed E-state index contributed by atoms with van der Waals surface area (Å²) in [5.41, 5.74) is 5.89. The summed E-state index contributed by atoms with van der Waals surface area (Å²) in [5, 5.41) is 12.4. The number of hydrogen-bond donors (Lipinski definition) is 2. The third-order valence-electron chi connectivity index (χ3n) is 6.60. The van der Waals surface area contributed by atoms with Gasteiger partial charge in [-0.3, -0.25) is 0 Å². The Hall–Kier alpha value is -3.38. The highest BCUT2D eigenvalue weighted by molar-refractivity contribution is 5.79. The fourth-order valence-electron chi connectivity index (χ4n) is 4.85. The van der Waals surface area contributed by atoms with Gasteiger partial charge in [0.2, 0.25) is 0 Å². The third kappa shape index (κ3) is 4.44. The highest BCUT2D eigenvalue weighted by Crippen LogP contribution is 2.44. The number of amides is 1. The summed E-state index contributed by atoms with van der Waals surface area (Å²) in [6, 6.07) is 21.4. The van der Waals surface area contributed by atoms with Crippen molar-refractivity contribution in [3.8, 4) is 11.1 Å². The van der Waals surface area contributed by atoms with Gasteiger partial charge in [0.05, 0.1) is 11.8 Å². The number of piperidine rings is 1. The SMILES string of the molecule is O=C(NCc1ccc(N2CCC(O)CC2)c(F)c1)OCC1c2ccccc2-c2ccccc21. The van der Waals surface area contributed by atoms with E-state index in [9.17, 15) is 14.3 Å². The zero-order valence-electron chi connectivity index (χ0n) is 18.3. The number of halogens is 1. The first-order valence-corrected chi connectivity index (χ1v) is 11.4. The number of rotatable bonds is 5. The molecule has 1 saturated heterocycles. The van der Waals surface area contributed by atoms with Crippen LogP contribution in [0.5, 0.6) is 0 Å². The lowest BCUT2D eigenvalue weighted by Crippen LogP contribution is -2.36. The minimum absolute atomic E-state index is 0.00272. The zero-order chi connectivity index (χ0) is 22.8. The van der Waals surface area contributed by atoms with Crippen LogP contribution in [0.2, 0.25) is 0 Å². The number of ether oxygens (including phenoxy) is 1. The van der Waals surface area contributed by atoms with Crippen LogP contribution >= 0.6 is 0 Å². The van der Waals surface area contributed by atoms with Gasteiger partial charge in [0.25, 0.3) is 0 Å². The van der Waals surface area contributed by atoms with Crippen LogP contribution in [0.1, 0.15) is 35.4 Å². The Morgan fingerprint density at radius 3 is 2.27 bits per heavy atom. The number of carbonyl (C=O) groups excluding carboxylic acids is 1. The number of nitrogens with one attached hydrogen (secondary N) is 1. The van der Waals surface area contributed by atoms with Crippen molar-refractivity contribution in [2.45, 2.75) is 31.4 Å². The maximum absolute atomic E-state index is 14.6. The molecular weight excluding hydrogens is 419 g/mol. The molecule has 0 unspecified atom stereocenters. The number of fused-ring (bicyclic) bond motifs is 3. The number of carbonyl (C=O) groups is 1. The molecule has 1 heterocycles. The van der Waals surface area contributed by atoms with Crippen LogP contribution in [0.25, 0.3) is 11.1 Å². The van der Waals surface area contributed by atoms with Crippen LogP contribution in [0.4, 0.5) is 14.9 Å². The lowest BCUT2D eigenvalue weighted by atomic mass is 9.98. The maximum atomic E-state index is 14.6. The lowest BCUT2D eigenvalue weighted by Gasteiger charge is -2.31. The standard InChI is InChI=1S/C27H27FN2O3/c28-25-15-18(9-10-26(25)30-13-11-19(31)12-14-30)16-29-27(32)33-17-24-22-7-3-1-5-20(22)21-6-2-4-8-23(21)24/h1-10,15,19,24,31H,11-14,16-17H2,(H,29,32). The largest absolute Gasteiger partial charge is 0.449 e. The fraction of sp³-hybridized carbons (Fsp3) is 0.296. The summed E-state index contributed by atoms with van der Waals surface area (Å²) in [6.07, 6.45) is 0.464. The molecule has 1 aliphatic carbocycles. The molecule has 0 spiro atoms. The summed E-state index contributed by atoms with van der Waals surface area (Å²) in [6.45, 7) is 1.70. The van der Waals surface area contributed by atoms with Crippen molar-refractivity contribution in [1.82, 2.24) is 5.32 Å². The summed E-state index contributed by atoms with van der Waals surface area (Å²) in [4.78, 5) is 14.3. The van der Waals surface area contributed by atoms with Gasteiger partial charge in [-0.15, -0.1) is 0 Å². The Morgan fingerprint density at radius 2 is 1.64 bits per heavy atom. The second kappa shape index (κ2) is 9.24. The van der Waals surface area contributed by atoms with Crippen molar-refractivity contribution in [2.75, 3.05) is 24.6 Å². The van der Waals surface area contributed by atoms with Gasteiger partial charge in [-0.25, -0.2) is 9.18 Å². The molecule has 2 N–H and O–H groups in total. The first kappa shape index (κ1) is 21.5. The van der Waals surface area contributed by atoms with Gasteiger partial charge in [0.15, 0.2) is 0 Å². The predicted octanol–water partition coefficient (Wildman–Crippen LogP) is 4.83. The van der Waals surface area contributed by atoms with Crippen LogP contribution in [0.3, 0.4) is 0 Å². The summed E-state index contributed by atoms with van der Waals surface area (Å²) >= 11 is 0. The molecule has 6 heteroatoms. The number of benzene rings is 3. The third-order valence-corrected chi connectivity index (χ3v) is 6.60. The smallest absolute Gasteiger partial charge is 0.407 e. The minimum atomic E-state index is -0.522. The topological polar surface area (TPSA) is 61.8 Å². The lowest BCUT2D eigenvalue weighted by molar-refractivity contribution is 0.142. The number of aliphatic hydroxyl groups excluding tert-OH is 1. The molecule has 170 valence electrons. The maximum Gasteiger partial charge on any atom is 0.407 e. The van der Waals surface area contributed by atoms with Crippen molar-refractivity contribution < 1.29 is 19.0 Å². The minimum Gasteiger partial charge on any atom is -0.449 e. The van der Waals surface area contributed by atoms with Gasteiger partial charge in [-0.2, -0.15) is 0 Å². The van der Waals surface area contributed by atoms with Gasteiger partial charge >= 0.3 is 6.09 Å². The van der Waals surface area contributed by atoms with E-state index in [1.54, 1.807) is 6.07 Å². The highest BCUT2D eigenvalue weighted by atomic mass is 19.1. The van der Waals surface area contributed by atoms with Crippen molar-refractivity contribution in [1.29, 1.82) is 0 Å². The molecule has 0 bridgehead atoms. The monoisotopic (exact) mass is 446 g/mol. The summed E-state index contributed by atoms with van der Waals surface area (Å²) in [5.74, 6) is -0.318. The molecule has 2 aliphatic rings. The quantitative estimate of drug-likeness (QED) is 0.590. The second-order valence-electron chi connectivity index (χ2n) is 8.68. The van der Waals surface area contributed by atoms with E-state index in [0.29, 0.717) is 37.2 Å². The van der Waals surface area contributed by atoms with Crippen molar-refractivity contribution in [2.24, 2.45) is 0 Å². The van der Waals surface area contributed by atoms with Crippen molar-refractivity contribution >= 4 is 11.8 Å². The molecule has 0 radical (unpaired) electrons. The molecule has 3 aromatic carbocycles. The van der Waals surface area contributed by atoms with Crippen LogP contribution in [0, 0.1) is 5.82 Å². The molecular formula is C27H27FN2O3. The normalized spacial score (nSPS) is 15.8. The highest BCUT2D eigenvalue weighted by Gasteiger charge is 2.29. The first-order chi connectivity index (χ1) is 16.1. The number of aliphatic hydroxyl groups is 1. The van der Waals surface area contributed by atoms with Gasteiger partial charge in [-0.1, -0.05) is 54.6 Å². The van der Waals surface area contributed by atoms with Crippen LogP contribution < -0.4 is 10.2 Å². The average molecular weight is 447 g/mol. The number of hydrogen-bond acceptors (Lipinski definition) is 4. The zero-order valence-corrected chi connectivity index (χ0v) is 18.3. The molecule has 0 saturated carbocycles. The molecule has 0 aromatic heterocycles.